The Hall–Kier alpha value is -0.0400. The van der Waals surface area contributed by atoms with Crippen molar-refractivity contribution in [3.8, 4) is 6.07 Å². The molecule has 76 valence electrons. The molecule has 0 fully saturated rings. The van der Waals surface area contributed by atoms with Gasteiger partial charge in [0.1, 0.15) is 0 Å². The quantitative estimate of drug-likeness (QED) is 0.675. The molecule has 0 bridgehead atoms. The van der Waals surface area contributed by atoms with Gasteiger partial charge in [-0.05, 0) is 12.3 Å². The Bertz CT molecular complexity index is 201. The molecule has 3 nitrogen and oxygen atoms in total. The van der Waals surface area contributed by atoms with Gasteiger partial charge in [0, 0.05) is 0 Å². The molecule has 0 amide bonds. The molecule has 1 N–H and O–H groups in total. The number of carbonyl (C=O) groups is 1. The molecule has 0 unspecified atom stereocenters. The molecule has 0 aliphatic rings. The summed E-state index contributed by atoms with van der Waals surface area (Å²) in [6.45, 7) is 4.16. The predicted octanol–water partition coefficient (Wildman–Crippen LogP) is 1.78. The molecule has 0 heterocycles. The van der Waals surface area contributed by atoms with Crippen molar-refractivity contribution >= 4 is 35.5 Å². The molecule has 0 saturated carbocycles. The fourth-order valence-corrected chi connectivity index (χ4v) is 1.49. The SMILES string of the molecule is CCC[C@@H](C)C[C@@H](C#N)CC(=O)O.[NaH]. The van der Waals surface area contributed by atoms with Gasteiger partial charge >= 0.3 is 35.5 Å². The van der Waals surface area contributed by atoms with E-state index in [-0.39, 0.29) is 41.9 Å². The summed E-state index contributed by atoms with van der Waals surface area (Å²) in [7, 11) is 0. The van der Waals surface area contributed by atoms with Gasteiger partial charge in [0.2, 0.25) is 0 Å². The molecular formula is C10H18NNaO2. The topological polar surface area (TPSA) is 61.1 Å². The van der Waals surface area contributed by atoms with E-state index in [0.29, 0.717) is 12.3 Å². The number of carboxylic acid groups (broad SMARTS) is 1. The summed E-state index contributed by atoms with van der Waals surface area (Å²) in [4.78, 5) is 10.4. The molecule has 0 aliphatic heterocycles. The second-order valence-corrected chi connectivity index (χ2v) is 3.55. The average molecular weight is 207 g/mol. The van der Waals surface area contributed by atoms with E-state index >= 15 is 0 Å². The summed E-state index contributed by atoms with van der Waals surface area (Å²) in [5.41, 5.74) is 0. The van der Waals surface area contributed by atoms with E-state index in [2.05, 4.69) is 13.8 Å². The third-order valence-electron chi connectivity index (χ3n) is 2.07. The van der Waals surface area contributed by atoms with Crippen molar-refractivity contribution in [2.45, 2.75) is 39.5 Å². The van der Waals surface area contributed by atoms with Gasteiger partial charge in [-0.3, -0.25) is 4.79 Å². The molecule has 0 spiro atoms. The second-order valence-electron chi connectivity index (χ2n) is 3.55. The summed E-state index contributed by atoms with van der Waals surface area (Å²) < 4.78 is 0. The van der Waals surface area contributed by atoms with Gasteiger partial charge in [-0.2, -0.15) is 5.26 Å². The van der Waals surface area contributed by atoms with Crippen LogP contribution < -0.4 is 0 Å². The second kappa shape index (κ2) is 9.51. The van der Waals surface area contributed by atoms with Gasteiger partial charge in [-0.1, -0.05) is 26.7 Å². The Morgan fingerprint density at radius 3 is 2.50 bits per heavy atom. The van der Waals surface area contributed by atoms with Crippen molar-refractivity contribution in [3.05, 3.63) is 0 Å². The molecule has 0 aliphatic carbocycles. The molecule has 4 heteroatoms. The van der Waals surface area contributed by atoms with E-state index in [4.69, 9.17) is 10.4 Å². The Labute approximate surface area is 108 Å². The van der Waals surface area contributed by atoms with Gasteiger partial charge in [-0.25, -0.2) is 0 Å². The Kier molecular flexibility index (Phi) is 11.1. The minimum atomic E-state index is -0.879. The number of nitriles is 1. The number of carboxylic acids is 1. The summed E-state index contributed by atoms with van der Waals surface area (Å²) in [5, 5.41) is 17.2. The fourth-order valence-electron chi connectivity index (χ4n) is 1.49. The monoisotopic (exact) mass is 207 g/mol. The molecule has 14 heavy (non-hydrogen) atoms. The molecule has 0 radical (unpaired) electrons. The number of hydrogen-bond acceptors (Lipinski definition) is 2. The maximum absolute atomic E-state index is 10.4. The molecule has 0 saturated heterocycles. The van der Waals surface area contributed by atoms with Crippen LogP contribution in [0.4, 0.5) is 0 Å². The summed E-state index contributed by atoms with van der Waals surface area (Å²) in [6.07, 6.45) is 2.84. The minimum absolute atomic E-state index is 0. The van der Waals surface area contributed by atoms with Gasteiger partial charge in [0.05, 0.1) is 18.4 Å². The maximum atomic E-state index is 10.4. The molecule has 0 rings (SSSR count). The van der Waals surface area contributed by atoms with E-state index in [0.717, 1.165) is 12.8 Å². The first-order valence-corrected chi connectivity index (χ1v) is 4.71. The van der Waals surface area contributed by atoms with Crippen LogP contribution >= 0.6 is 0 Å². The van der Waals surface area contributed by atoms with Crippen LogP contribution in [-0.2, 0) is 4.79 Å². The molecule has 0 aromatic heterocycles. The van der Waals surface area contributed by atoms with Crippen LogP contribution in [0.2, 0.25) is 0 Å². The molecule has 0 aromatic carbocycles. The summed E-state index contributed by atoms with van der Waals surface area (Å²) >= 11 is 0. The van der Waals surface area contributed by atoms with E-state index in [1.54, 1.807) is 0 Å². The zero-order valence-electron chi connectivity index (χ0n) is 8.29. The Balaban J connectivity index is 0. The number of rotatable bonds is 6. The van der Waals surface area contributed by atoms with Crippen molar-refractivity contribution < 1.29 is 9.90 Å². The normalized spacial score (nSPS) is 13.5. The first-order chi connectivity index (χ1) is 6.10. The predicted molar refractivity (Wildman–Crippen MR) is 57.2 cm³/mol. The average Bonchev–Trinajstić information content (AvgIpc) is 2.02. The van der Waals surface area contributed by atoms with Crippen LogP contribution in [0.1, 0.15) is 39.5 Å². The summed E-state index contributed by atoms with van der Waals surface area (Å²) in [5.74, 6) is -0.747. The third kappa shape index (κ3) is 8.55. The van der Waals surface area contributed by atoms with Crippen molar-refractivity contribution in [1.82, 2.24) is 0 Å². The van der Waals surface area contributed by atoms with Crippen molar-refractivity contribution in [2.75, 3.05) is 0 Å². The zero-order chi connectivity index (χ0) is 10.3. The van der Waals surface area contributed by atoms with Gasteiger partial charge in [-0.15, -0.1) is 0 Å². The van der Waals surface area contributed by atoms with Gasteiger partial charge in [0.25, 0.3) is 0 Å². The van der Waals surface area contributed by atoms with Gasteiger partial charge < -0.3 is 5.11 Å². The fraction of sp³-hybridized carbons (Fsp3) is 0.800. The number of hydrogen-bond donors (Lipinski definition) is 1. The first-order valence-electron chi connectivity index (χ1n) is 4.71. The van der Waals surface area contributed by atoms with Crippen LogP contribution in [0.15, 0.2) is 0 Å². The van der Waals surface area contributed by atoms with E-state index in [1.165, 1.54) is 0 Å². The van der Waals surface area contributed by atoms with E-state index in [9.17, 15) is 4.79 Å². The van der Waals surface area contributed by atoms with Crippen LogP contribution in [0.5, 0.6) is 0 Å². The summed E-state index contributed by atoms with van der Waals surface area (Å²) in [6, 6.07) is 2.04. The van der Waals surface area contributed by atoms with E-state index < -0.39 is 5.97 Å². The van der Waals surface area contributed by atoms with E-state index in [1.807, 2.05) is 6.07 Å². The molecule has 0 aromatic rings. The first kappa shape index (κ1) is 16.4. The number of aliphatic carboxylic acids is 1. The Morgan fingerprint density at radius 1 is 1.57 bits per heavy atom. The van der Waals surface area contributed by atoms with Crippen LogP contribution in [0.25, 0.3) is 0 Å². The van der Waals surface area contributed by atoms with Crippen LogP contribution in [-0.4, -0.2) is 40.6 Å². The standard InChI is InChI=1S/C10H17NO2.Na.H/c1-3-4-8(2)5-9(7-11)6-10(12)13;;/h8-9H,3-6H2,1-2H3,(H,12,13);;/t8-,9-;;/m1../s1. The van der Waals surface area contributed by atoms with Crippen molar-refractivity contribution in [2.24, 2.45) is 11.8 Å². The van der Waals surface area contributed by atoms with Crippen molar-refractivity contribution in [1.29, 1.82) is 5.26 Å². The number of nitrogens with zero attached hydrogens (tertiary/aromatic N) is 1. The molecule has 2 atom stereocenters. The Morgan fingerprint density at radius 2 is 2.14 bits per heavy atom. The van der Waals surface area contributed by atoms with Crippen molar-refractivity contribution in [3.63, 3.8) is 0 Å². The van der Waals surface area contributed by atoms with Gasteiger partial charge in [0.15, 0.2) is 0 Å². The zero-order valence-corrected chi connectivity index (χ0v) is 8.29. The third-order valence-corrected chi connectivity index (χ3v) is 2.07. The molecular weight excluding hydrogens is 189 g/mol. The van der Waals surface area contributed by atoms with Crippen LogP contribution in [0.3, 0.4) is 0 Å². The van der Waals surface area contributed by atoms with Crippen LogP contribution in [0, 0.1) is 23.2 Å².